The first-order valence-electron chi connectivity index (χ1n) is 10.7. The van der Waals surface area contributed by atoms with Crippen LogP contribution in [0.2, 0.25) is 0 Å². The van der Waals surface area contributed by atoms with E-state index in [2.05, 4.69) is 51.2 Å². The minimum atomic E-state index is -0.243. The molecule has 1 aliphatic heterocycles. The van der Waals surface area contributed by atoms with Crippen LogP contribution in [0, 0.1) is 0 Å². The molecule has 1 fully saturated rings. The smallest absolute Gasteiger partial charge is 0.332 e. The maximum absolute atomic E-state index is 12.0. The molecule has 31 heavy (non-hydrogen) atoms. The van der Waals surface area contributed by atoms with E-state index in [1.165, 1.54) is 11.4 Å². The number of carbonyl (C=O) groups is 1. The molecule has 160 valence electrons. The number of aromatic nitrogens is 1. The number of rotatable bonds is 7. The lowest BCUT2D eigenvalue weighted by Gasteiger charge is -2.37. The molecular weight excluding hydrogens is 388 g/mol. The van der Waals surface area contributed by atoms with E-state index >= 15 is 0 Å². The van der Waals surface area contributed by atoms with E-state index in [1.807, 2.05) is 42.7 Å². The van der Waals surface area contributed by atoms with Gasteiger partial charge in [0, 0.05) is 56.4 Å². The maximum Gasteiger partial charge on any atom is 0.332 e. The maximum atomic E-state index is 12.0. The summed E-state index contributed by atoms with van der Waals surface area (Å²) in [6.45, 7) is 6.16. The van der Waals surface area contributed by atoms with Gasteiger partial charge in [-0.15, -0.1) is 0 Å². The normalized spacial score (nSPS) is 13.7. The van der Waals surface area contributed by atoms with Gasteiger partial charge in [0.25, 0.3) is 0 Å². The first kappa shape index (κ1) is 20.7. The van der Waals surface area contributed by atoms with Crippen LogP contribution in [-0.2, 0) is 16.2 Å². The zero-order valence-electron chi connectivity index (χ0n) is 17.9. The first-order chi connectivity index (χ1) is 15.2. The topological polar surface area (TPSA) is 48.9 Å². The highest BCUT2D eigenvalue weighted by Gasteiger charge is 2.18. The van der Waals surface area contributed by atoms with Crippen molar-refractivity contribution in [3.05, 3.63) is 84.7 Å². The molecule has 0 radical (unpaired) electrons. The van der Waals surface area contributed by atoms with Crippen molar-refractivity contribution >= 4 is 23.0 Å². The van der Waals surface area contributed by atoms with Gasteiger partial charge < -0.3 is 14.6 Å². The summed E-state index contributed by atoms with van der Waals surface area (Å²) in [7, 11) is 0. The van der Waals surface area contributed by atoms with Crippen LogP contribution in [0.5, 0.6) is 0 Å². The summed E-state index contributed by atoms with van der Waals surface area (Å²) >= 11 is 0. The average molecular weight is 417 g/mol. The third-order valence-electron chi connectivity index (χ3n) is 5.45. The predicted molar refractivity (Wildman–Crippen MR) is 124 cm³/mol. The second-order valence-electron chi connectivity index (χ2n) is 7.54. The van der Waals surface area contributed by atoms with Crippen LogP contribution in [0.15, 0.2) is 79.1 Å². The van der Waals surface area contributed by atoms with Crippen molar-refractivity contribution in [3.63, 3.8) is 0 Å². The summed E-state index contributed by atoms with van der Waals surface area (Å²) in [6, 6.07) is 22.4. The van der Waals surface area contributed by atoms with E-state index < -0.39 is 0 Å². The number of hydrogen-bond donors (Lipinski definition) is 0. The highest BCUT2D eigenvalue weighted by molar-refractivity contribution is 5.70. The molecule has 1 aliphatic rings. The van der Waals surface area contributed by atoms with Gasteiger partial charge in [-0.05, 0) is 42.0 Å². The van der Waals surface area contributed by atoms with E-state index in [4.69, 9.17) is 4.84 Å². The Kier molecular flexibility index (Phi) is 6.67. The lowest BCUT2D eigenvalue weighted by molar-refractivity contribution is -0.145. The van der Waals surface area contributed by atoms with Gasteiger partial charge in [0.2, 0.25) is 0 Å². The Morgan fingerprint density at radius 2 is 1.58 bits per heavy atom. The van der Waals surface area contributed by atoms with Gasteiger partial charge in [0.05, 0.1) is 12.2 Å². The van der Waals surface area contributed by atoms with E-state index in [1.54, 1.807) is 12.0 Å². The fourth-order valence-corrected chi connectivity index (χ4v) is 3.75. The molecule has 0 atom stereocenters. The molecule has 0 bridgehead atoms. The second kappa shape index (κ2) is 9.98. The van der Waals surface area contributed by atoms with Crippen molar-refractivity contribution in [1.82, 2.24) is 4.98 Å². The van der Waals surface area contributed by atoms with Crippen molar-refractivity contribution in [3.8, 4) is 0 Å². The molecule has 2 aromatic carbocycles. The van der Waals surface area contributed by atoms with Crippen LogP contribution in [0.3, 0.4) is 0 Å². The molecule has 0 aliphatic carbocycles. The summed E-state index contributed by atoms with van der Waals surface area (Å²) in [5.41, 5.74) is 4.38. The summed E-state index contributed by atoms with van der Waals surface area (Å²) in [5, 5.41) is 1.67. The Morgan fingerprint density at radius 1 is 0.903 bits per heavy atom. The minimum Gasteiger partial charge on any atom is -0.368 e. The van der Waals surface area contributed by atoms with Gasteiger partial charge in [-0.3, -0.25) is 4.98 Å². The highest BCUT2D eigenvalue weighted by atomic mass is 16.7. The molecule has 1 aromatic heterocycles. The van der Waals surface area contributed by atoms with Crippen LogP contribution in [-0.4, -0.2) is 37.1 Å². The van der Waals surface area contributed by atoms with Crippen LogP contribution in [0.25, 0.3) is 0 Å². The molecule has 0 N–H and O–H groups in total. The van der Waals surface area contributed by atoms with Crippen molar-refractivity contribution in [2.24, 2.45) is 0 Å². The molecule has 0 unspecified atom stereocenters. The second-order valence-corrected chi connectivity index (χ2v) is 7.54. The summed E-state index contributed by atoms with van der Waals surface area (Å²) in [4.78, 5) is 26.5. The number of anilines is 3. The summed E-state index contributed by atoms with van der Waals surface area (Å²) in [6.07, 6.45) is 4.02. The fraction of sp³-hybridized carbons (Fsp3) is 0.280. The number of nitrogens with zero attached hydrogens (tertiary/aromatic N) is 4. The quantitative estimate of drug-likeness (QED) is 0.536. The van der Waals surface area contributed by atoms with Crippen LogP contribution < -0.4 is 14.9 Å². The van der Waals surface area contributed by atoms with Crippen LogP contribution in [0.1, 0.15) is 18.9 Å². The van der Waals surface area contributed by atoms with E-state index in [-0.39, 0.29) is 5.97 Å². The van der Waals surface area contributed by atoms with Gasteiger partial charge in [-0.2, -0.15) is 0 Å². The largest absolute Gasteiger partial charge is 0.368 e. The minimum absolute atomic E-state index is 0.243. The van der Waals surface area contributed by atoms with Gasteiger partial charge in [-0.25, -0.2) is 9.86 Å². The molecule has 0 amide bonds. The van der Waals surface area contributed by atoms with Gasteiger partial charge in [0.15, 0.2) is 0 Å². The van der Waals surface area contributed by atoms with Crippen molar-refractivity contribution in [2.45, 2.75) is 19.9 Å². The molecule has 0 saturated carbocycles. The zero-order chi connectivity index (χ0) is 21.5. The van der Waals surface area contributed by atoms with E-state index in [0.29, 0.717) is 13.0 Å². The molecule has 6 nitrogen and oxygen atoms in total. The van der Waals surface area contributed by atoms with E-state index in [9.17, 15) is 4.79 Å². The van der Waals surface area contributed by atoms with Crippen molar-refractivity contribution in [2.75, 3.05) is 41.0 Å². The monoisotopic (exact) mass is 416 g/mol. The lowest BCUT2D eigenvalue weighted by Crippen LogP contribution is -2.46. The number of pyridine rings is 1. The summed E-state index contributed by atoms with van der Waals surface area (Å²) in [5.74, 6) is -0.243. The van der Waals surface area contributed by atoms with Gasteiger partial charge in [-0.1, -0.05) is 37.3 Å². The third kappa shape index (κ3) is 5.34. The van der Waals surface area contributed by atoms with Crippen molar-refractivity contribution < 1.29 is 9.63 Å². The third-order valence-corrected chi connectivity index (χ3v) is 5.45. The van der Waals surface area contributed by atoms with Gasteiger partial charge >= 0.3 is 5.97 Å². The number of hydroxylamine groups is 1. The Bertz CT molecular complexity index is 973. The molecule has 0 spiro atoms. The molecule has 1 saturated heterocycles. The SMILES string of the molecule is CCC(=O)ON(Cc1cccc(N2CCN(c3ccncc3)CC2)c1)c1ccccc1. The Balaban J connectivity index is 1.44. The lowest BCUT2D eigenvalue weighted by atomic mass is 10.1. The van der Waals surface area contributed by atoms with Crippen LogP contribution >= 0.6 is 0 Å². The Labute approximate surface area is 183 Å². The zero-order valence-corrected chi connectivity index (χ0v) is 17.9. The molecule has 2 heterocycles. The van der Waals surface area contributed by atoms with E-state index in [0.717, 1.165) is 37.4 Å². The van der Waals surface area contributed by atoms with Gasteiger partial charge in [0.1, 0.15) is 0 Å². The number of piperazine rings is 1. The standard InChI is InChI=1S/C25H28N4O2/c1-2-25(30)31-29(23-8-4-3-5-9-23)20-21-7-6-10-24(19-21)28-17-15-27(16-18-28)22-11-13-26-14-12-22/h3-14,19H,2,15-18,20H2,1H3. The first-order valence-corrected chi connectivity index (χ1v) is 10.7. The number of benzene rings is 2. The number of hydrogen-bond acceptors (Lipinski definition) is 6. The Morgan fingerprint density at radius 3 is 2.26 bits per heavy atom. The van der Waals surface area contributed by atoms with Crippen LogP contribution in [0.4, 0.5) is 17.1 Å². The highest BCUT2D eigenvalue weighted by Crippen LogP contribution is 2.23. The molecule has 6 heteroatoms. The molecular formula is C25H28N4O2. The Hall–Kier alpha value is -3.54. The average Bonchev–Trinajstić information content (AvgIpc) is 2.85. The molecule has 3 aromatic rings. The predicted octanol–water partition coefficient (Wildman–Crippen LogP) is 4.28. The molecule has 4 rings (SSSR count). The number of carbonyl (C=O) groups excluding carboxylic acids is 1. The van der Waals surface area contributed by atoms with Crippen molar-refractivity contribution in [1.29, 1.82) is 0 Å². The fourth-order valence-electron chi connectivity index (χ4n) is 3.75. The summed E-state index contributed by atoms with van der Waals surface area (Å²) < 4.78 is 0. The number of para-hydroxylation sites is 1.